The van der Waals surface area contributed by atoms with Crippen molar-refractivity contribution in [3.63, 3.8) is 0 Å². The van der Waals surface area contributed by atoms with Crippen LogP contribution in [-0.4, -0.2) is 43.5 Å². The lowest BCUT2D eigenvalue weighted by molar-refractivity contribution is 0.0707. The third kappa shape index (κ3) is 4.76. The molecule has 1 rings (SSSR count). The maximum absolute atomic E-state index is 12.3. The van der Waals surface area contributed by atoms with Crippen LogP contribution in [0.2, 0.25) is 5.02 Å². The van der Waals surface area contributed by atoms with Crippen LogP contribution in [0.1, 0.15) is 10.4 Å². The number of alkyl halides is 1. The van der Waals surface area contributed by atoms with Crippen molar-refractivity contribution in [1.29, 1.82) is 0 Å². The van der Waals surface area contributed by atoms with Gasteiger partial charge in [0.2, 0.25) is 0 Å². The van der Waals surface area contributed by atoms with Gasteiger partial charge in [0.05, 0.1) is 6.61 Å². The van der Waals surface area contributed by atoms with Gasteiger partial charge in [-0.15, -0.1) is 11.6 Å². The molecule has 0 bridgehead atoms. The zero-order valence-electron chi connectivity index (χ0n) is 9.96. The molecule has 1 aromatic rings. The third-order valence-corrected chi connectivity index (χ3v) is 3.16. The van der Waals surface area contributed by atoms with Crippen LogP contribution in [0, 0.1) is 0 Å². The number of hydrogen-bond donors (Lipinski definition) is 0. The Hall–Kier alpha value is -0.290. The van der Waals surface area contributed by atoms with E-state index < -0.39 is 0 Å². The van der Waals surface area contributed by atoms with Crippen LogP contribution in [-0.2, 0) is 4.74 Å². The summed E-state index contributed by atoms with van der Waals surface area (Å²) in [5.74, 6) is 0.285. The molecule has 6 heteroatoms. The van der Waals surface area contributed by atoms with Crippen molar-refractivity contribution < 1.29 is 9.53 Å². The van der Waals surface area contributed by atoms with Gasteiger partial charge < -0.3 is 9.64 Å². The first-order valence-electron chi connectivity index (χ1n) is 5.38. The summed E-state index contributed by atoms with van der Waals surface area (Å²) in [6.45, 7) is 1.46. The summed E-state index contributed by atoms with van der Waals surface area (Å²) in [4.78, 5) is 13.9. The number of amides is 1. The van der Waals surface area contributed by atoms with E-state index in [-0.39, 0.29) is 5.91 Å². The molecule has 0 aliphatic rings. The maximum atomic E-state index is 12.3. The molecule has 0 N–H and O–H groups in total. The summed E-state index contributed by atoms with van der Waals surface area (Å²) in [7, 11) is 1.60. The van der Waals surface area contributed by atoms with Crippen molar-refractivity contribution in [2.45, 2.75) is 0 Å². The van der Waals surface area contributed by atoms with Gasteiger partial charge in [0.1, 0.15) is 0 Å². The number of rotatable bonds is 6. The van der Waals surface area contributed by atoms with E-state index in [1.54, 1.807) is 30.2 Å². The summed E-state index contributed by atoms with van der Waals surface area (Å²) in [5.41, 5.74) is 0.538. The first-order valence-corrected chi connectivity index (χ1v) is 7.09. The zero-order chi connectivity index (χ0) is 13.5. The first kappa shape index (κ1) is 15.8. The molecule has 0 aromatic heterocycles. The molecular formula is C12H14BrCl2NO2. The van der Waals surface area contributed by atoms with Crippen LogP contribution in [0.4, 0.5) is 0 Å². The minimum absolute atomic E-state index is 0.101. The molecule has 18 heavy (non-hydrogen) atoms. The van der Waals surface area contributed by atoms with Crippen molar-refractivity contribution >= 4 is 45.0 Å². The molecule has 0 saturated carbocycles. The highest BCUT2D eigenvalue weighted by atomic mass is 79.9. The van der Waals surface area contributed by atoms with Crippen molar-refractivity contribution in [3.05, 3.63) is 33.3 Å². The average Bonchev–Trinajstić information content (AvgIpc) is 2.32. The molecule has 1 amide bonds. The topological polar surface area (TPSA) is 29.5 Å². The average molecular weight is 355 g/mol. The Kier molecular flexibility index (Phi) is 7.00. The van der Waals surface area contributed by atoms with Crippen molar-refractivity contribution in [2.24, 2.45) is 0 Å². The maximum Gasteiger partial charge on any atom is 0.254 e. The van der Waals surface area contributed by atoms with E-state index in [0.29, 0.717) is 36.2 Å². The lowest BCUT2D eigenvalue weighted by atomic mass is 10.2. The van der Waals surface area contributed by atoms with Crippen LogP contribution in [0.25, 0.3) is 0 Å². The number of methoxy groups -OCH3 is 1. The molecule has 0 radical (unpaired) electrons. The van der Waals surface area contributed by atoms with Crippen LogP contribution < -0.4 is 0 Å². The first-order chi connectivity index (χ1) is 8.58. The van der Waals surface area contributed by atoms with Gasteiger partial charge in [-0.1, -0.05) is 27.5 Å². The molecule has 0 aliphatic carbocycles. The standard InChI is InChI=1S/C12H14BrCl2NO2/c1-18-5-4-16(3-2-14)12(17)9-6-10(13)8-11(15)7-9/h6-8H,2-5H2,1H3. The Bertz CT molecular complexity index is 395. The number of hydrogen-bond acceptors (Lipinski definition) is 2. The fraction of sp³-hybridized carbons (Fsp3) is 0.417. The van der Waals surface area contributed by atoms with Gasteiger partial charge in [0.15, 0.2) is 0 Å². The fourth-order valence-electron chi connectivity index (χ4n) is 1.48. The van der Waals surface area contributed by atoms with Gasteiger partial charge in [-0.2, -0.15) is 0 Å². The lowest BCUT2D eigenvalue weighted by Crippen LogP contribution is -2.35. The molecule has 100 valence electrons. The Balaban J connectivity index is 2.86. The quantitative estimate of drug-likeness (QED) is 0.732. The second kappa shape index (κ2) is 8.00. The predicted octanol–water partition coefficient (Wildman–Crippen LogP) is 3.43. The Labute approximate surface area is 125 Å². The number of halogens is 3. The van der Waals surface area contributed by atoms with E-state index in [1.165, 1.54) is 0 Å². The van der Waals surface area contributed by atoms with Crippen LogP contribution in [0.5, 0.6) is 0 Å². The predicted molar refractivity (Wildman–Crippen MR) is 77.7 cm³/mol. The lowest BCUT2D eigenvalue weighted by Gasteiger charge is -2.21. The van der Waals surface area contributed by atoms with Gasteiger partial charge >= 0.3 is 0 Å². The highest BCUT2D eigenvalue weighted by Crippen LogP contribution is 2.20. The van der Waals surface area contributed by atoms with Crippen molar-refractivity contribution in [2.75, 3.05) is 32.7 Å². The molecule has 3 nitrogen and oxygen atoms in total. The van der Waals surface area contributed by atoms with Crippen LogP contribution in [0.15, 0.2) is 22.7 Å². The highest BCUT2D eigenvalue weighted by Gasteiger charge is 2.15. The summed E-state index contributed by atoms with van der Waals surface area (Å²) in [6, 6.07) is 5.12. The molecule has 0 atom stereocenters. The molecule has 1 aromatic carbocycles. The fourth-order valence-corrected chi connectivity index (χ4v) is 2.54. The largest absolute Gasteiger partial charge is 0.383 e. The summed E-state index contributed by atoms with van der Waals surface area (Å²) in [6.07, 6.45) is 0. The summed E-state index contributed by atoms with van der Waals surface area (Å²) >= 11 is 14.9. The number of ether oxygens (including phenoxy) is 1. The van der Waals surface area contributed by atoms with Gasteiger partial charge in [-0.25, -0.2) is 0 Å². The minimum atomic E-state index is -0.101. The van der Waals surface area contributed by atoms with Crippen molar-refractivity contribution in [1.82, 2.24) is 4.90 Å². The van der Waals surface area contributed by atoms with Gasteiger partial charge in [0.25, 0.3) is 5.91 Å². The van der Waals surface area contributed by atoms with Gasteiger partial charge in [0, 0.05) is 41.1 Å². The van der Waals surface area contributed by atoms with Gasteiger partial charge in [-0.05, 0) is 18.2 Å². The second-order valence-electron chi connectivity index (χ2n) is 3.63. The highest BCUT2D eigenvalue weighted by molar-refractivity contribution is 9.10. The van der Waals surface area contributed by atoms with E-state index in [4.69, 9.17) is 27.9 Å². The normalized spacial score (nSPS) is 10.4. The second-order valence-corrected chi connectivity index (χ2v) is 5.36. The van der Waals surface area contributed by atoms with E-state index in [9.17, 15) is 4.79 Å². The minimum Gasteiger partial charge on any atom is -0.383 e. The Morgan fingerprint density at radius 1 is 1.39 bits per heavy atom. The molecule has 0 saturated heterocycles. The molecular weight excluding hydrogens is 341 g/mol. The molecule has 0 aliphatic heterocycles. The molecule has 0 spiro atoms. The van der Waals surface area contributed by atoms with E-state index in [1.807, 2.05) is 0 Å². The van der Waals surface area contributed by atoms with E-state index in [0.717, 1.165) is 4.47 Å². The number of carbonyl (C=O) groups is 1. The Morgan fingerprint density at radius 3 is 2.67 bits per heavy atom. The van der Waals surface area contributed by atoms with E-state index >= 15 is 0 Å². The monoisotopic (exact) mass is 353 g/mol. The number of benzene rings is 1. The van der Waals surface area contributed by atoms with Crippen molar-refractivity contribution in [3.8, 4) is 0 Å². The molecule has 0 unspecified atom stereocenters. The molecule has 0 heterocycles. The summed E-state index contributed by atoms with van der Waals surface area (Å²) < 4.78 is 5.75. The summed E-state index contributed by atoms with van der Waals surface area (Å²) in [5, 5.41) is 0.519. The van der Waals surface area contributed by atoms with Gasteiger partial charge in [-0.3, -0.25) is 4.79 Å². The van der Waals surface area contributed by atoms with Crippen LogP contribution in [0.3, 0.4) is 0 Å². The zero-order valence-corrected chi connectivity index (χ0v) is 13.1. The number of carbonyl (C=O) groups excluding carboxylic acids is 1. The third-order valence-electron chi connectivity index (χ3n) is 2.32. The smallest absolute Gasteiger partial charge is 0.254 e. The SMILES string of the molecule is COCCN(CCCl)C(=O)c1cc(Cl)cc(Br)c1. The molecule has 0 fully saturated rings. The number of nitrogens with zero attached hydrogens (tertiary/aromatic N) is 1. The van der Waals surface area contributed by atoms with Crippen LogP contribution >= 0.6 is 39.1 Å². The van der Waals surface area contributed by atoms with E-state index in [2.05, 4.69) is 15.9 Å². The Morgan fingerprint density at radius 2 is 2.11 bits per heavy atom.